The Bertz CT molecular complexity index is 650. The molecule has 0 unspecified atom stereocenters. The molecule has 2 aromatic rings. The Kier molecular flexibility index (Phi) is 3.12. The predicted octanol–water partition coefficient (Wildman–Crippen LogP) is 2.97. The number of aromatic nitrogens is 1. The van der Waals surface area contributed by atoms with Gasteiger partial charge in [0.25, 0.3) is 5.91 Å². The van der Waals surface area contributed by atoms with E-state index in [-0.39, 0.29) is 17.1 Å². The summed E-state index contributed by atoms with van der Waals surface area (Å²) in [5, 5.41) is 2.95. The molecule has 0 saturated carbocycles. The van der Waals surface area contributed by atoms with E-state index in [2.05, 4.69) is 5.32 Å². The standard InChI is InChI=1S/C15H19FN2O/c1-15(2,3)10-6-7-11-12(13(10)16)9(8-18(11)5)14(19)17-4/h6-8H,1-5H3,(H,17,19). The van der Waals surface area contributed by atoms with Gasteiger partial charge in [-0.25, -0.2) is 4.39 Å². The minimum atomic E-state index is -0.302. The van der Waals surface area contributed by atoms with Gasteiger partial charge in [0, 0.05) is 25.7 Å². The van der Waals surface area contributed by atoms with Crippen molar-refractivity contribution in [3.8, 4) is 0 Å². The molecule has 0 aliphatic heterocycles. The number of aryl methyl sites for hydroxylation is 1. The Labute approximate surface area is 112 Å². The van der Waals surface area contributed by atoms with E-state index in [1.54, 1.807) is 23.9 Å². The first-order chi connectivity index (χ1) is 8.77. The van der Waals surface area contributed by atoms with Crippen molar-refractivity contribution in [2.45, 2.75) is 26.2 Å². The quantitative estimate of drug-likeness (QED) is 0.842. The van der Waals surface area contributed by atoms with E-state index >= 15 is 0 Å². The maximum Gasteiger partial charge on any atom is 0.253 e. The van der Waals surface area contributed by atoms with Crippen molar-refractivity contribution < 1.29 is 9.18 Å². The van der Waals surface area contributed by atoms with Gasteiger partial charge in [-0.05, 0) is 17.0 Å². The maximum absolute atomic E-state index is 14.7. The zero-order chi connectivity index (χ0) is 14.4. The minimum absolute atomic E-state index is 0.268. The van der Waals surface area contributed by atoms with Gasteiger partial charge in [0.2, 0.25) is 0 Å². The molecule has 2 rings (SSSR count). The topological polar surface area (TPSA) is 34.0 Å². The third kappa shape index (κ3) is 2.11. The molecule has 19 heavy (non-hydrogen) atoms. The van der Waals surface area contributed by atoms with Crippen LogP contribution in [0.15, 0.2) is 18.3 Å². The third-order valence-corrected chi connectivity index (χ3v) is 3.37. The molecule has 0 fully saturated rings. The fraction of sp³-hybridized carbons (Fsp3) is 0.400. The van der Waals surface area contributed by atoms with Crippen molar-refractivity contribution in [3.63, 3.8) is 0 Å². The summed E-state index contributed by atoms with van der Waals surface area (Å²) in [6.07, 6.45) is 1.67. The molecular formula is C15H19FN2O. The number of halogens is 1. The average molecular weight is 262 g/mol. The van der Waals surface area contributed by atoms with Crippen LogP contribution in [-0.4, -0.2) is 17.5 Å². The van der Waals surface area contributed by atoms with Crippen molar-refractivity contribution >= 4 is 16.8 Å². The first-order valence-electron chi connectivity index (χ1n) is 6.27. The monoisotopic (exact) mass is 262 g/mol. The van der Waals surface area contributed by atoms with Crippen molar-refractivity contribution in [2.75, 3.05) is 7.05 Å². The number of fused-ring (bicyclic) bond motifs is 1. The first kappa shape index (κ1) is 13.6. The number of hydrogen-bond donors (Lipinski definition) is 1. The summed E-state index contributed by atoms with van der Waals surface area (Å²) in [5.74, 6) is -0.570. The highest BCUT2D eigenvalue weighted by Gasteiger charge is 2.24. The van der Waals surface area contributed by atoms with Gasteiger partial charge in [0.15, 0.2) is 0 Å². The molecule has 0 radical (unpaired) electrons. The Morgan fingerprint density at radius 3 is 2.47 bits per heavy atom. The average Bonchev–Trinajstić information content (AvgIpc) is 2.66. The number of nitrogens with one attached hydrogen (secondary N) is 1. The number of rotatable bonds is 1. The van der Waals surface area contributed by atoms with Crippen LogP contribution in [0, 0.1) is 5.82 Å². The SMILES string of the molecule is CNC(=O)c1cn(C)c2ccc(C(C)(C)C)c(F)c12. The number of hydrogen-bond acceptors (Lipinski definition) is 1. The van der Waals surface area contributed by atoms with Gasteiger partial charge in [-0.15, -0.1) is 0 Å². The molecule has 0 saturated heterocycles. The zero-order valence-electron chi connectivity index (χ0n) is 12.0. The van der Waals surface area contributed by atoms with E-state index in [9.17, 15) is 9.18 Å². The summed E-state index contributed by atoms with van der Waals surface area (Å²) < 4.78 is 16.5. The van der Waals surface area contributed by atoms with Crippen molar-refractivity contribution in [1.82, 2.24) is 9.88 Å². The lowest BCUT2D eigenvalue weighted by Gasteiger charge is -2.20. The van der Waals surface area contributed by atoms with Crippen LogP contribution in [0.2, 0.25) is 0 Å². The van der Waals surface area contributed by atoms with Crippen LogP contribution in [0.1, 0.15) is 36.7 Å². The van der Waals surface area contributed by atoms with Crippen LogP contribution in [0.25, 0.3) is 10.9 Å². The smallest absolute Gasteiger partial charge is 0.253 e. The number of amides is 1. The highest BCUT2D eigenvalue weighted by Crippen LogP contribution is 2.32. The molecule has 0 aliphatic rings. The molecule has 4 heteroatoms. The Morgan fingerprint density at radius 2 is 1.95 bits per heavy atom. The lowest BCUT2D eigenvalue weighted by molar-refractivity contribution is 0.0964. The first-order valence-corrected chi connectivity index (χ1v) is 6.27. The van der Waals surface area contributed by atoms with Gasteiger partial charge in [0.1, 0.15) is 5.82 Å². The lowest BCUT2D eigenvalue weighted by Crippen LogP contribution is -2.18. The largest absolute Gasteiger partial charge is 0.355 e. The predicted molar refractivity (Wildman–Crippen MR) is 75.0 cm³/mol. The van der Waals surface area contributed by atoms with Gasteiger partial charge in [-0.1, -0.05) is 26.8 Å². The summed E-state index contributed by atoms with van der Waals surface area (Å²) in [6.45, 7) is 5.87. The van der Waals surface area contributed by atoms with Crippen molar-refractivity contribution in [3.05, 3.63) is 35.3 Å². The fourth-order valence-corrected chi connectivity index (χ4v) is 2.33. The normalized spacial score (nSPS) is 11.9. The summed E-state index contributed by atoms with van der Waals surface area (Å²) in [5.41, 5.74) is 1.43. The highest BCUT2D eigenvalue weighted by atomic mass is 19.1. The van der Waals surface area contributed by atoms with E-state index in [0.717, 1.165) is 5.52 Å². The second kappa shape index (κ2) is 4.37. The zero-order valence-corrected chi connectivity index (χ0v) is 12.0. The number of benzene rings is 1. The summed E-state index contributed by atoms with van der Waals surface area (Å²) in [6, 6.07) is 3.66. The number of carbonyl (C=O) groups is 1. The molecular weight excluding hydrogens is 243 g/mol. The maximum atomic E-state index is 14.7. The molecule has 1 amide bonds. The Hall–Kier alpha value is -1.84. The van der Waals surface area contributed by atoms with Crippen molar-refractivity contribution in [1.29, 1.82) is 0 Å². The second-order valence-electron chi connectivity index (χ2n) is 5.80. The number of carbonyl (C=O) groups excluding carboxylic acids is 1. The molecule has 0 bridgehead atoms. The summed E-state index contributed by atoms with van der Waals surface area (Å²) in [4.78, 5) is 11.9. The van der Waals surface area contributed by atoms with Crippen molar-refractivity contribution in [2.24, 2.45) is 7.05 Å². The van der Waals surface area contributed by atoms with Crippen LogP contribution >= 0.6 is 0 Å². The van der Waals surface area contributed by atoms with E-state index in [1.165, 1.54) is 0 Å². The van der Waals surface area contributed by atoms with Crippen LogP contribution < -0.4 is 5.32 Å². The summed E-state index contributed by atoms with van der Waals surface area (Å²) in [7, 11) is 3.36. The van der Waals surface area contributed by atoms with Gasteiger partial charge in [0.05, 0.1) is 11.1 Å². The van der Waals surface area contributed by atoms with Gasteiger partial charge >= 0.3 is 0 Å². The van der Waals surface area contributed by atoms with Gasteiger partial charge < -0.3 is 9.88 Å². The van der Waals surface area contributed by atoms with Crippen LogP contribution in [0.5, 0.6) is 0 Å². The highest BCUT2D eigenvalue weighted by molar-refractivity contribution is 6.07. The van der Waals surface area contributed by atoms with E-state index < -0.39 is 0 Å². The van der Waals surface area contributed by atoms with Crippen LogP contribution in [0.4, 0.5) is 4.39 Å². The van der Waals surface area contributed by atoms with Gasteiger partial charge in [-0.2, -0.15) is 0 Å². The molecule has 3 nitrogen and oxygen atoms in total. The second-order valence-corrected chi connectivity index (χ2v) is 5.80. The van der Waals surface area contributed by atoms with Crippen LogP contribution in [0.3, 0.4) is 0 Å². The Balaban J connectivity index is 2.84. The molecule has 1 N–H and O–H groups in total. The van der Waals surface area contributed by atoms with E-state index in [0.29, 0.717) is 16.5 Å². The molecule has 102 valence electrons. The molecule has 0 atom stereocenters. The van der Waals surface area contributed by atoms with Crippen LogP contribution in [-0.2, 0) is 12.5 Å². The molecule has 1 aromatic carbocycles. The number of nitrogens with zero attached hydrogens (tertiary/aromatic N) is 1. The summed E-state index contributed by atoms with van der Waals surface area (Å²) >= 11 is 0. The fourth-order valence-electron chi connectivity index (χ4n) is 2.33. The van der Waals surface area contributed by atoms with E-state index in [4.69, 9.17) is 0 Å². The molecule has 1 aromatic heterocycles. The molecule has 0 aliphatic carbocycles. The van der Waals surface area contributed by atoms with E-state index in [1.807, 2.05) is 33.9 Å². The Morgan fingerprint density at radius 1 is 1.32 bits per heavy atom. The minimum Gasteiger partial charge on any atom is -0.355 e. The molecule has 1 heterocycles. The lowest BCUT2D eigenvalue weighted by atomic mass is 9.85. The third-order valence-electron chi connectivity index (χ3n) is 3.37. The van der Waals surface area contributed by atoms with Gasteiger partial charge in [-0.3, -0.25) is 4.79 Å². The molecule has 0 spiro atoms.